The van der Waals surface area contributed by atoms with Crippen molar-refractivity contribution in [3.05, 3.63) is 70.5 Å². The molecule has 0 bridgehead atoms. The smallest absolute Gasteiger partial charge is 0.257 e. The SMILES string of the molecule is O=c1[nH]c(CCCN2CCN(c3ccc(F)cc3)CC2)cc2ncccc12. The number of pyridine rings is 2. The number of rotatable bonds is 5. The summed E-state index contributed by atoms with van der Waals surface area (Å²) in [4.78, 5) is 24.1. The summed E-state index contributed by atoms with van der Waals surface area (Å²) in [6, 6.07) is 12.3. The van der Waals surface area contributed by atoms with Crippen molar-refractivity contribution in [3.8, 4) is 0 Å². The largest absolute Gasteiger partial charge is 0.369 e. The number of piperazine rings is 1. The maximum Gasteiger partial charge on any atom is 0.257 e. The van der Waals surface area contributed by atoms with Crippen molar-refractivity contribution in [1.82, 2.24) is 14.9 Å². The van der Waals surface area contributed by atoms with Gasteiger partial charge in [-0.1, -0.05) is 0 Å². The molecular weight excluding hydrogens is 343 g/mol. The lowest BCUT2D eigenvalue weighted by Crippen LogP contribution is -2.46. The van der Waals surface area contributed by atoms with E-state index in [1.807, 2.05) is 18.2 Å². The van der Waals surface area contributed by atoms with Crippen molar-refractivity contribution < 1.29 is 4.39 Å². The van der Waals surface area contributed by atoms with Crippen LogP contribution in [0.15, 0.2) is 53.5 Å². The molecule has 1 N–H and O–H groups in total. The highest BCUT2D eigenvalue weighted by Gasteiger charge is 2.17. The fourth-order valence-electron chi connectivity index (χ4n) is 3.65. The number of H-pyrrole nitrogens is 1. The molecule has 6 heteroatoms. The van der Waals surface area contributed by atoms with Gasteiger partial charge in [0.05, 0.1) is 10.9 Å². The normalized spacial score (nSPS) is 15.4. The van der Waals surface area contributed by atoms with Gasteiger partial charge >= 0.3 is 0 Å². The van der Waals surface area contributed by atoms with E-state index in [2.05, 4.69) is 19.8 Å². The van der Waals surface area contributed by atoms with Gasteiger partial charge in [0.1, 0.15) is 5.82 Å². The van der Waals surface area contributed by atoms with Crippen molar-refractivity contribution in [2.75, 3.05) is 37.6 Å². The minimum Gasteiger partial charge on any atom is -0.369 e. The third-order valence-electron chi connectivity index (χ3n) is 5.15. The van der Waals surface area contributed by atoms with Crippen LogP contribution in [-0.2, 0) is 6.42 Å². The Labute approximate surface area is 157 Å². The Kier molecular flexibility index (Phi) is 5.16. The van der Waals surface area contributed by atoms with Gasteiger partial charge in [-0.05, 0) is 61.9 Å². The molecular formula is C21H23FN4O. The predicted molar refractivity (Wildman–Crippen MR) is 106 cm³/mol. The first-order valence-electron chi connectivity index (χ1n) is 9.39. The van der Waals surface area contributed by atoms with E-state index in [0.717, 1.165) is 62.5 Å². The summed E-state index contributed by atoms with van der Waals surface area (Å²) in [5.41, 5.74) is 2.71. The van der Waals surface area contributed by atoms with Gasteiger partial charge in [-0.25, -0.2) is 4.39 Å². The molecule has 1 saturated heterocycles. The lowest BCUT2D eigenvalue weighted by Gasteiger charge is -2.36. The number of hydrogen-bond acceptors (Lipinski definition) is 4. The molecule has 0 saturated carbocycles. The molecule has 5 nitrogen and oxygen atoms in total. The standard InChI is InChI=1S/C21H23FN4O/c22-16-5-7-18(8-6-16)26-13-11-25(12-14-26)10-2-3-17-15-20-19(21(27)24-17)4-1-9-23-20/h1,4-9,15H,2-3,10-14H2,(H,24,27). The molecule has 4 rings (SSSR count). The fourth-order valence-corrected chi connectivity index (χ4v) is 3.65. The molecule has 1 aliphatic heterocycles. The molecule has 2 aromatic heterocycles. The van der Waals surface area contributed by atoms with Crippen LogP contribution in [0.4, 0.5) is 10.1 Å². The van der Waals surface area contributed by atoms with Crippen molar-refractivity contribution >= 4 is 16.6 Å². The number of aromatic nitrogens is 2. The van der Waals surface area contributed by atoms with Crippen LogP contribution in [0.25, 0.3) is 10.9 Å². The number of aromatic amines is 1. The van der Waals surface area contributed by atoms with Gasteiger partial charge in [0.15, 0.2) is 0 Å². The number of benzene rings is 1. The number of hydrogen-bond donors (Lipinski definition) is 1. The summed E-state index contributed by atoms with van der Waals surface area (Å²) in [6.07, 6.45) is 3.54. The average Bonchev–Trinajstić information content (AvgIpc) is 2.69. The minimum absolute atomic E-state index is 0.0662. The highest BCUT2D eigenvalue weighted by Crippen LogP contribution is 2.17. The zero-order valence-corrected chi connectivity index (χ0v) is 15.2. The van der Waals surface area contributed by atoms with Gasteiger partial charge in [0, 0.05) is 43.8 Å². The third-order valence-corrected chi connectivity index (χ3v) is 5.15. The predicted octanol–water partition coefficient (Wildman–Crippen LogP) is 2.82. The zero-order valence-electron chi connectivity index (χ0n) is 15.2. The van der Waals surface area contributed by atoms with Crippen LogP contribution in [0.5, 0.6) is 0 Å². The number of nitrogens with zero attached hydrogens (tertiary/aromatic N) is 3. The van der Waals surface area contributed by atoms with Gasteiger partial charge < -0.3 is 9.88 Å². The summed E-state index contributed by atoms with van der Waals surface area (Å²) in [5, 5.41) is 0.637. The maximum atomic E-state index is 13.1. The maximum absolute atomic E-state index is 13.1. The van der Waals surface area contributed by atoms with Gasteiger partial charge in [-0.15, -0.1) is 0 Å². The van der Waals surface area contributed by atoms with E-state index in [-0.39, 0.29) is 11.4 Å². The molecule has 1 fully saturated rings. The molecule has 27 heavy (non-hydrogen) atoms. The first-order valence-corrected chi connectivity index (χ1v) is 9.39. The molecule has 0 amide bonds. The molecule has 0 radical (unpaired) electrons. The van der Waals surface area contributed by atoms with Crippen LogP contribution in [0.3, 0.4) is 0 Å². The van der Waals surface area contributed by atoms with Crippen LogP contribution in [0.2, 0.25) is 0 Å². The monoisotopic (exact) mass is 366 g/mol. The summed E-state index contributed by atoms with van der Waals surface area (Å²) in [7, 11) is 0. The Morgan fingerprint density at radius 3 is 2.63 bits per heavy atom. The number of anilines is 1. The Morgan fingerprint density at radius 1 is 1.07 bits per heavy atom. The van der Waals surface area contributed by atoms with Gasteiger partial charge in [-0.3, -0.25) is 14.7 Å². The lowest BCUT2D eigenvalue weighted by atomic mass is 10.1. The summed E-state index contributed by atoms with van der Waals surface area (Å²) >= 11 is 0. The molecule has 140 valence electrons. The molecule has 1 aromatic carbocycles. The highest BCUT2D eigenvalue weighted by molar-refractivity contribution is 5.77. The van der Waals surface area contributed by atoms with Crippen molar-refractivity contribution in [2.24, 2.45) is 0 Å². The van der Waals surface area contributed by atoms with Gasteiger partial charge in [0.25, 0.3) is 5.56 Å². The molecule has 0 atom stereocenters. The van der Waals surface area contributed by atoms with Crippen LogP contribution in [0.1, 0.15) is 12.1 Å². The van der Waals surface area contributed by atoms with E-state index in [4.69, 9.17) is 0 Å². The van der Waals surface area contributed by atoms with Crippen molar-refractivity contribution in [3.63, 3.8) is 0 Å². The van der Waals surface area contributed by atoms with Crippen LogP contribution in [0, 0.1) is 5.82 Å². The van der Waals surface area contributed by atoms with E-state index in [9.17, 15) is 9.18 Å². The number of aryl methyl sites for hydroxylation is 1. The first kappa shape index (κ1) is 17.7. The summed E-state index contributed by atoms with van der Waals surface area (Å²) in [6.45, 7) is 4.88. The Hall–Kier alpha value is -2.73. The molecule has 3 heterocycles. The first-order chi connectivity index (χ1) is 13.2. The topological polar surface area (TPSA) is 52.2 Å². The second-order valence-electron chi connectivity index (χ2n) is 6.97. The third kappa shape index (κ3) is 4.17. The van der Waals surface area contributed by atoms with E-state index in [0.29, 0.717) is 5.39 Å². The minimum atomic E-state index is -0.195. The van der Waals surface area contributed by atoms with E-state index in [1.54, 1.807) is 18.3 Å². The average molecular weight is 366 g/mol. The van der Waals surface area contributed by atoms with E-state index < -0.39 is 0 Å². The van der Waals surface area contributed by atoms with E-state index in [1.165, 1.54) is 12.1 Å². The molecule has 0 unspecified atom stereocenters. The summed E-state index contributed by atoms with van der Waals surface area (Å²) < 4.78 is 13.1. The summed E-state index contributed by atoms with van der Waals surface area (Å²) in [5.74, 6) is -0.195. The Balaban J connectivity index is 1.28. The van der Waals surface area contributed by atoms with E-state index >= 15 is 0 Å². The molecule has 0 spiro atoms. The van der Waals surface area contributed by atoms with Gasteiger partial charge in [-0.2, -0.15) is 0 Å². The molecule has 1 aliphatic rings. The second kappa shape index (κ2) is 7.88. The highest BCUT2D eigenvalue weighted by atomic mass is 19.1. The number of halogens is 1. The van der Waals surface area contributed by atoms with Crippen molar-refractivity contribution in [2.45, 2.75) is 12.8 Å². The quantitative estimate of drug-likeness (QED) is 0.754. The van der Waals surface area contributed by atoms with Crippen molar-refractivity contribution in [1.29, 1.82) is 0 Å². The lowest BCUT2D eigenvalue weighted by molar-refractivity contribution is 0.255. The zero-order chi connectivity index (χ0) is 18.6. The second-order valence-corrected chi connectivity index (χ2v) is 6.97. The number of fused-ring (bicyclic) bond motifs is 1. The number of nitrogens with one attached hydrogen (secondary N) is 1. The molecule has 3 aromatic rings. The Morgan fingerprint density at radius 2 is 1.85 bits per heavy atom. The van der Waals surface area contributed by atoms with Crippen LogP contribution >= 0.6 is 0 Å². The van der Waals surface area contributed by atoms with Crippen LogP contribution < -0.4 is 10.5 Å². The molecule has 0 aliphatic carbocycles. The van der Waals surface area contributed by atoms with Gasteiger partial charge in [0.2, 0.25) is 0 Å². The Bertz CT molecular complexity index is 962. The van der Waals surface area contributed by atoms with Crippen LogP contribution in [-0.4, -0.2) is 47.6 Å². The fraction of sp³-hybridized carbons (Fsp3) is 0.333.